The van der Waals surface area contributed by atoms with E-state index in [9.17, 15) is 9.59 Å². The minimum absolute atomic E-state index is 0.217. The van der Waals surface area contributed by atoms with Gasteiger partial charge in [-0.15, -0.1) is 0 Å². The monoisotopic (exact) mass is 401 g/mol. The van der Waals surface area contributed by atoms with E-state index >= 15 is 0 Å². The molecule has 2 heterocycles. The quantitative estimate of drug-likeness (QED) is 0.742. The van der Waals surface area contributed by atoms with E-state index in [4.69, 9.17) is 16.0 Å². The summed E-state index contributed by atoms with van der Waals surface area (Å²) < 4.78 is 5.15. The number of nitrogens with one attached hydrogen (secondary N) is 1. The van der Waals surface area contributed by atoms with Gasteiger partial charge in [0, 0.05) is 44.4 Å². The van der Waals surface area contributed by atoms with Crippen LogP contribution in [0, 0.1) is 0 Å². The van der Waals surface area contributed by atoms with Gasteiger partial charge in [-0.3, -0.25) is 9.59 Å². The van der Waals surface area contributed by atoms with E-state index in [2.05, 4.69) is 10.2 Å². The smallest absolute Gasteiger partial charge is 0.248 e. The lowest BCUT2D eigenvalue weighted by Gasteiger charge is -2.36. The summed E-state index contributed by atoms with van der Waals surface area (Å²) in [7, 11) is 0. The predicted molar refractivity (Wildman–Crippen MR) is 112 cm³/mol. The Kier molecular flexibility index (Phi) is 6.76. The topological polar surface area (TPSA) is 65.8 Å². The van der Waals surface area contributed by atoms with Gasteiger partial charge in [0.2, 0.25) is 11.8 Å². The van der Waals surface area contributed by atoms with Crippen LogP contribution < -0.4 is 10.2 Å². The molecule has 6 nitrogen and oxygen atoms in total. The lowest BCUT2D eigenvalue weighted by molar-refractivity contribution is -0.131. The average Bonchev–Trinajstić information content (AvgIpc) is 3.21. The first kappa shape index (κ1) is 20.0. The van der Waals surface area contributed by atoms with Gasteiger partial charge >= 0.3 is 0 Å². The van der Waals surface area contributed by atoms with Crippen molar-refractivity contribution < 1.29 is 14.0 Å². The number of benzene rings is 1. The summed E-state index contributed by atoms with van der Waals surface area (Å²) >= 11 is 6.45. The van der Waals surface area contributed by atoms with Gasteiger partial charge < -0.3 is 19.5 Å². The Morgan fingerprint density at radius 3 is 2.64 bits per heavy atom. The van der Waals surface area contributed by atoms with Crippen molar-refractivity contribution in [2.45, 2.75) is 19.8 Å². The van der Waals surface area contributed by atoms with Gasteiger partial charge in [-0.25, -0.2) is 0 Å². The fourth-order valence-electron chi connectivity index (χ4n) is 3.14. The second-order valence-corrected chi connectivity index (χ2v) is 7.03. The van der Waals surface area contributed by atoms with Crippen LogP contribution in [0.5, 0.6) is 0 Å². The first-order valence-electron chi connectivity index (χ1n) is 9.41. The maximum absolute atomic E-state index is 12.0. The molecule has 0 aliphatic carbocycles. The number of anilines is 2. The second-order valence-electron chi connectivity index (χ2n) is 6.62. The number of carbonyl (C=O) groups is 2. The van der Waals surface area contributed by atoms with E-state index in [1.165, 1.54) is 6.08 Å². The lowest BCUT2D eigenvalue weighted by atomic mass is 10.2. The second kappa shape index (κ2) is 9.46. The molecule has 2 amide bonds. The molecule has 1 aromatic heterocycles. The number of piperazine rings is 1. The number of rotatable bonds is 6. The number of amides is 2. The molecule has 0 unspecified atom stereocenters. The molecule has 0 atom stereocenters. The Morgan fingerprint density at radius 2 is 2.00 bits per heavy atom. The molecule has 1 aliphatic heterocycles. The van der Waals surface area contributed by atoms with Crippen LogP contribution >= 0.6 is 11.6 Å². The van der Waals surface area contributed by atoms with Gasteiger partial charge in [0.25, 0.3) is 0 Å². The fourth-order valence-corrected chi connectivity index (χ4v) is 3.44. The van der Waals surface area contributed by atoms with Crippen molar-refractivity contribution in [3.8, 4) is 0 Å². The molecule has 1 fully saturated rings. The van der Waals surface area contributed by atoms with Gasteiger partial charge in [-0.2, -0.15) is 0 Å². The molecule has 148 valence electrons. The van der Waals surface area contributed by atoms with Gasteiger partial charge in [-0.05, 0) is 42.8 Å². The third-order valence-electron chi connectivity index (χ3n) is 4.59. The Morgan fingerprint density at radius 1 is 1.21 bits per heavy atom. The van der Waals surface area contributed by atoms with Crippen LogP contribution in [0.25, 0.3) is 6.08 Å². The van der Waals surface area contributed by atoms with Crippen molar-refractivity contribution in [3.63, 3.8) is 0 Å². The normalized spacial score (nSPS) is 14.5. The maximum atomic E-state index is 12.0. The summed E-state index contributed by atoms with van der Waals surface area (Å²) in [4.78, 5) is 28.1. The largest absolute Gasteiger partial charge is 0.465 e. The average molecular weight is 402 g/mol. The van der Waals surface area contributed by atoms with E-state index < -0.39 is 0 Å². The minimum atomic E-state index is -0.261. The van der Waals surface area contributed by atoms with E-state index in [0.717, 1.165) is 25.2 Å². The molecule has 1 saturated heterocycles. The van der Waals surface area contributed by atoms with Gasteiger partial charge in [-0.1, -0.05) is 18.5 Å². The van der Waals surface area contributed by atoms with Gasteiger partial charge in [0.15, 0.2) is 0 Å². The highest BCUT2D eigenvalue weighted by Gasteiger charge is 2.22. The summed E-state index contributed by atoms with van der Waals surface area (Å²) in [5.74, 6) is 0.567. The summed E-state index contributed by atoms with van der Waals surface area (Å²) in [6, 6.07) is 9.00. The molecule has 3 rings (SSSR count). The predicted octanol–water partition coefficient (Wildman–Crippen LogP) is 4.03. The van der Waals surface area contributed by atoms with Crippen LogP contribution in [-0.2, 0) is 9.59 Å². The first-order valence-corrected chi connectivity index (χ1v) is 9.79. The molecule has 0 saturated carbocycles. The van der Waals surface area contributed by atoms with Crippen LogP contribution in [0.15, 0.2) is 47.1 Å². The van der Waals surface area contributed by atoms with Crippen LogP contribution in [0.2, 0.25) is 5.02 Å². The Labute approximate surface area is 169 Å². The maximum Gasteiger partial charge on any atom is 0.248 e. The molecule has 0 bridgehead atoms. The highest BCUT2D eigenvalue weighted by molar-refractivity contribution is 6.33. The third kappa shape index (κ3) is 5.16. The molecule has 1 aromatic carbocycles. The van der Waals surface area contributed by atoms with Crippen molar-refractivity contribution in [1.29, 1.82) is 0 Å². The standard InChI is InChI=1S/C21H24ClN3O3/c1-2-4-21(27)25-12-10-24(11-13-25)19-8-6-16(15-18(19)22)23-20(26)9-7-17-5-3-14-28-17/h3,5-9,14-15H,2,4,10-13H2,1H3,(H,23,26). The summed E-state index contributed by atoms with van der Waals surface area (Å²) in [6.07, 6.45) is 6.03. The SMILES string of the molecule is CCCC(=O)N1CCN(c2ccc(NC(=O)C=Cc3ccco3)cc2Cl)CC1. The third-order valence-corrected chi connectivity index (χ3v) is 4.90. The van der Waals surface area contributed by atoms with Crippen molar-refractivity contribution in [2.75, 3.05) is 36.4 Å². The molecule has 1 aliphatic rings. The molecule has 1 N–H and O–H groups in total. The summed E-state index contributed by atoms with van der Waals surface area (Å²) in [5.41, 5.74) is 1.54. The van der Waals surface area contributed by atoms with Crippen molar-refractivity contribution in [2.24, 2.45) is 0 Å². The van der Waals surface area contributed by atoms with Crippen LogP contribution in [0.4, 0.5) is 11.4 Å². The van der Waals surface area contributed by atoms with E-state index in [0.29, 0.717) is 36.0 Å². The Hall–Kier alpha value is -2.73. The first-order chi connectivity index (χ1) is 13.6. The molecular weight excluding hydrogens is 378 g/mol. The highest BCUT2D eigenvalue weighted by atomic mass is 35.5. The number of halogens is 1. The van der Waals surface area contributed by atoms with Crippen molar-refractivity contribution >= 4 is 40.9 Å². The van der Waals surface area contributed by atoms with Crippen LogP contribution in [-0.4, -0.2) is 42.9 Å². The molecular formula is C21H24ClN3O3. The van der Waals surface area contributed by atoms with Crippen molar-refractivity contribution in [1.82, 2.24) is 4.90 Å². The van der Waals surface area contributed by atoms with E-state index in [-0.39, 0.29) is 11.8 Å². The van der Waals surface area contributed by atoms with Crippen LogP contribution in [0.3, 0.4) is 0 Å². The van der Waals surface area contributed by atoms with Crippen molar-refractivity contribution in [3.05, 3.63) is 53.5 Å². The zero-order valence-corrected chi connectivity index (χ0v) is 16.6. The number of hydrogen-bond donors (Lipinski definition) is 1. The number of furan rings is 1. The zero-order chi connectivity index (χ0) is 19.9. The van der Waals surface area contributed by atoms with Crippen LogP contribution in [0.1, 0.15) is 25.5 Å². The minimum Gasteiger partial charge on any atom is -0.465 e. The Bertz CT molecular complexity index is 841. The molecule has 2 aromatic rings. The van der Waals surface area contributed by atoms with E-state index in [1.54, 1.807) is 30.5 Å². The molecule has 28 heavy (non-hydrogen) atoms. The van der Waals surface area contributed by atoms with Gasteiger partial charge in [0.05, 0.1) is 17.0 Å². The number of nitrogens with zero attached hydrogens (tertiary/aromatic N) is 2. The lowest BCUT2D eigenvalue weighted by Crippen LogP contribution is -2.48. The molecule has 0 radical (unpaired) electrons. The zero-order valence-electron chi connectivity index (χ0n) is 15.9. The Balaban J connectivity index is 1.57. The molecule has 7 heteroatoms. The fraction of sp³-hybridized carbons (Fsp3) is 0.333. The van der Waals surface area contributed by atoms with E-state index in [1.807, 2.05) is 24.0 Å². The van der Waals surface area contributed by atoms with Gasteiger partial charge in [0.1, 0.15) is 5.76 Å². The number of hydrogen-bond acceptors (Lipinski definition) is 4. The summed E-state index contributed by atoms with van der Waals surface area (Å²) in [5, 5.41) is 3.36. The number of carbonyl (C=O) groups excluding carboxylic acids is 2. The highest BCUT2D eigenvalue weighted by Crippen LogP contribution is 2.29. The summed E-state index contributed by atoms with van der Waals surface area (Å²) in [6.45, 7) is 4.90. The molecule has 0 spiro atoms.